The van der Waals surface area contributed by atoms with E-state index in [1.54, 1.807) is 17.3 Å². The SMILES string of the molecule is CC(C)(C)OC(=O)N1CC=CC[C@@H]1c1cccnc1. The molecule has 0 unspecified atom stereocenters. The zero-order valence-electron chi connectivity index (χ0n) is 11.7. The standard InChI is InChI=1S/C15H20N2O2/c1-15(2,3)19-14(18)17-10-5-4-8-13(17)12-7-6-9-16-11-12/h4-7,9,11,13H,8,10H2,1-3H3/t13-/m1/s1. The van der Waals surface area contributed by atoms with E-state index in [0.717, 1.165) is 12.0 Å². The van der Waals surface area contributed by atoms with Gasteiger partial charge in [-0.15, -0.1) is 0 Å². The number of ether oxygens (including phenoxy) is 1. The van der Waals surface area contributed by atoms with Crippen molar-refractivity contribution in [1.82, 2.24) is 9.88 Å². The Morgan fingerprint density at radius 1 is 1.42 bits per heavy atom. The Labute approximate surface area is 114 Å². The highest BCUT2D eigenvalue weighted by atomic mass is 16.6. The Kier molecular flexibility index (Phi) is 3.88. The molecule has 0 fully saturated rings. The highest BCUT2D eigenvalue weighted by molar-refractivity contribution is 5.69. The van der Waals surface area contributed by atoms with Crippen LogP contribution >= 0.6 is 0 Å². The molecule has 1 aliphatic heterocycles. The van der Waals surface area contributed by atoms with E-state index >= 15 is 0 Å². The molecular weight excluding hydrogens is 240 g/mol. The molecule has 1 aromatic heterocycles. The van der Waals surface area contributed by atoms with Crippen LogP contribution in [-0.2, 0) is 4.74 Å². The van der Waals surface area contributed by atoms with Crippen LogP contribution in [0.2, 0.25) is 0 Å². The molecule has 0 spiro atoms. The van der Waals surface area contributed by atoms with Crippen molar-refractivity contribution in [3.05, 3.63) is 42.2 Å². The van der Waals surface area contributed by atoms with Crippen molar-refractivity contribution in [2.45, 2.75) is 38.8 Å². The second kappa shape index (κ2) is 5.43. The number of amides is 1. The largest absolute Gasteiger partial charge is 0.444 e. The summed E-state index contributed by atoms with van der Waals surface area (Å²) in [4.78, 5) is 18.1. The van der Waals surface area contributed by atoms with Crippen molar-refractivity contribution in [2.24, 2.45) is 0 Å². The van der Waals surface area contributed by atoms with Crippen LogP contribution in [-0.4, -0.2) is 28.1 Å². The van der Waals surface area contributed by atoms with Gasteiger partial charge in [-0.3, -0.25) is 9.88 Å². The molecule has 2 rings (SSSR count). The summed E-state index contributed by atoms with van der Waals surface area (Å²) in [6.45, 7) is 6.21. The number of nitrogens with zero attached hydrogens (tertiary/aromatic N) is 2. The van der Waals surface area contributed by atoms with E-state index < -0.39 is 5.60 Å². The van der Waals surface area contributed by atoms with E-state index in [1.165, 1.54) is 0 Å². The van der Waals surface area contributed by atoms with Gasteiger partial charge in [0.2, 0.25) is 0 Å². The van der Waals surface area contributed by atoms with Gasteiger partial charge >= 0.3 is 6.09 Å². The van der Waals surface area contributed by atoms with Gasteiger partial charge in [0.25, 0.3) is 0 Å². The number of carbonyl (C=O) groups excluding carboxylic acids is 1. The van der Waals surface area contributed by atoms with Gasteiger partial charge in [0, 0.05) is 18.9 Å². The lowest BCUT2D eigenvalue weighted by Gasteiger charge is -2.34. The number of aromatic nitrogens is 1. The molecule has 0 aromatic carbocycles. The average molecular weight is 260 g/mol. The maximum atomic E-state index is 12.2. The normalized spacial score (nSPS) is 19.3. The number of hydrogen-bond acceptors (Lipinski definition) is 3. The third kappa shape index (κ3) is 3.56. The molecule has 1 amide bonds. The van der Waals surface area contributed by atoms with Crippen molar-refractivity contribution in [3.8, 4) is 0 Å². The average Bonchev–Trinajstić information content (AvgIpc) is 2.38. The van der Waals surface area contributed by atoms with E-state index in [-0.39, 0.29) is 12.1 Å². The lowest BCUT2D eigenvalue weighted by atomic mass is 10.0. The first-order valence-corrected chi connectivity index (χ1v) is 6.52. The van der Waals surface area contributed by atoms with Crippen LogP contribution in [0.5, 0.6) is 0 Å². The molecular formula is C15H20N2O2. The van der Waals surface area contributed by atoms with Gasteiger partial charge in [-0.05, 0) is 38.8 Å². The number of carbonyl (C=O) groups is 1. The fourth-order valence-electron chi connectivity index (χ4n) is 2.08. The topological polar surface area (TPSA) is 42.4 Å². The second-order valence-electron chi connectivity index (χ2n) is 5.64. The first-order chi connectivity index (χ1) is 8.97. The maximum absolute atomic E-state index is 12.2. The van der Waals surface area contributed by atoms with Gasteiger partial charge in [0.15, 0.2) is 0 Å². The number of hydrogen-bond donors (Lipinski definition) is 0. The van der Waals surface area contributed by atoms with E-state index in [4.69, 9.17) is 4.74 Å². The minimum absolute atomic E-state index is 0.00792. The summed E-state index contributed by atoms with van der Waals surface area (Å²) in [6, 6.07) is 3.89. The van der Waals surface area contributed by atoms with E-state index in [0.29, 0.717) is 6.54 Å². The molecule has 0 saturated heterocycles. The summed E-state index contributed by atoms with van der Waals surface area (Å²) in [6.07, 6.45) is 8.16. The van der Waals surface area contributed by atoms with Crippen molar-refractivity contribution < 1.29 is 9.53 Å². The van der Waals surface area contributed by atoms with Crippen LogP contribution in [0, 0.1) is 0 Å². The molecule has 0 bridgehead atoms. The molecule has 0 aliphatic carbocycles. The molecule has 1 atom stereocenters. The molecule has 2 heterocycles. The van der Waals surface area contributed by atoms with Gasteiger partial charge in [0.1, 0.15) is 5.60 Å². The fraction of sp³-hybridized carbons (Fsp3) is 0.467. The number of rotatable bonds is 1. The van der Waals surface area contributed by atoms with E-state index in [1.807, 2.05) is 39.0 Å². The highest BCUT2D eigenvalue weighted by Crippen LogP contribution is 2.28. The van der Waals surface area contributed by atoms with Crippen molar-refractivity contribution in [3.63, 3.8) is 0 Å². The molecule has 1 aliphatic rings. The summed E-state index contributed by atoms with van der Waals surface area (Å²) in [5.41, 5.74) is 0.565. The Balaban J connectivity index is 2.18. The minimum atomic E-state index is -0.474. The smallest absolute Gasteiger partial charge is 0.411 e. The third-order valence-corrected chi connectivity index (χ3v) is 2.90. The van der Waals surface area contributed by atoms with Crippen LogP contribution in [0.25, 0.3) is 0 Å². The molecule has 0 N–H and O–H groups in total. The summed E-state index contributed by atoms with van der Waals surface area (Å²) in [7, 11) is 0. The zero-order valence-corrected chi connectivity index (χ0v) is 11.7. The monoisotopic (exact) mass is 260 g/mol. The van der Waals surface area contributed by atoms with Gasteiger partial charge in [-0.1, -0.05) is 18.2 Å². The predicted octanol–water partition coefficient (Wildman–Crippen LogP) is 3.32. The van der Waals surface area contributed by atoms with Gasteiger partial charge in [-0.2, -0.15) is 0 Å². The van der Waals surface area contributed by atoms with Crippen molar-refractivity contribution in [1.29, 1.82) is 0 Å². The molecule has 0 saturated carbocycles. The van der Waals surface area contributed by atoms with Gasteiger partial charge in [-0.25, -0.2) is 4.79 Å². The van der Waals surface area contributed by atoms with Crippen LogP contribution < -0.4 is 0 Å². The Morgan fingerprint density at radius 3 is 2.84 bits per heavy atom. The summed E-state index contributed by atoms with van der Waals surface area (Å²) in [5.74, 6) is 0. The van der Waals surface area contributed by atoms with Crippen LogP contribution in [0.3, 0.4) is 0 Å². The molecule has 4 heteroatoms. The van der Waals surface area contributed by atoms with Gasteiger partial charge in [0.05, 0.1) is 6.04 Å². The fourth-order valence-corrected chi connectivity index (χ4v) is 2.08. The van der Waals surface area contributed by atoms with E-state index in [9.17, 15) is 4.79 Å². The van der Waals surface area contributed by atoms with Gasteiger partial charge < -0.3 is 4.74 Å². The first kappa shape index (κ1) is 13.6. The Hall–Kier alpha value is -1.84. The summed E-state index contributed by atoms with van der Waals surface area (Å²) >= 11 is 0. The Bertz CT molecular complexity index is 463. The lowest BCUT2D eigenvalue weighted by Crippen LogP contribution is -2.40. The van der Waals surface area contributed by atoms with Crippen molar-refractivity contribution >= 4 is 6.09 Å². The molecule has 0 radical (unpaired) electrons. The minimum Gasteiger partial charge on any atom is -0.444 e. The maximum Gasteiger partial charge on any atom is 0.411 e. The van der Waals surface area contributed by atoms with Crippen LogP contribution in [0.4, 0.5) is 4.79 Å². The summed E-state index contributed by atoms with van der Waals surface area (Å²) < 4.78 is 5.46. The molecule has 19 heavy (non-hydrogen) atoms. The lowest BCUT2D eigenvalue weighted by molar-refractivity contribution is 0.0176. The molecule has 4 nitrogen and oxygen atoms in total. The summed E-state index contributed by atoms with van der Waals surface area (Å²) in [5, 5.41) is 0. The predicted molar refractivity (Wildman–Crippen MR) is 73.7 cm³/mol. The third-order valence-electron chi connectivity index (χ3n) is 2.90. The van der Waals surface area contributed by atoms with Crippen LogP contribution in [0.15, 0.2) is 36.7 Å². The zero-order chi connectivity index (χ0) is 13.9. The van der Waals surface area contributed by atoms with E-state index in [2.05, 4.69) is 11.1 Å². The van der Waals surface area contributed by atoms with Crippen molar-refractivity contribution in [2.75, 3.05) is 6.54 Å². The highest BCUT2D eigenvalue weighted by Gasteiger charge is 2.29. The number of pyridine rings is 1. The molecule has 1 aromatic rings. The molecule has 102 valence electrons. The quantitative estimate of drug-likeness (QED) is 0.727. The second-order valence-corrected chi connectivity index (χ2v) is 5.64. The van der Waals surface area contributed by atoms with Crippen LogP contribution in [0.1, 0.15) is 38.8 Å². The Morgan fingerprint density at radius 2 is 2.21 bits per heavy atom. The first-order valence-electron chi connectivity index (χ1n) is 6.52.